The van der Waals surface area contributed by atoms with E-state index in [9.17, 15) is 21.9 Å². The van der Waals surface area contributed by atoms with Gasteiger partial charge < -0.3 is 56.3 Å². The fourth-order valence-electron chi connectivity index (χ4n) is 5.63. The van der Waals surface area contributed by atoms with Crippen molar-refractivity contribution in [1.82, 2.24) is 5.32 Å². The molecule has 0 unspecified atom stereocenters. The van der Waals surface area contributed by atoms with E-state index in [2.05, 4.69) is 42.4 Å². The molecule has 0 bridgehead atoms. The molecule has 7 rings (SSSR count). The Morgan fingerprint density at radius 3 is 1.52 bits per heavy atom. The molecule has 2 aliphatic heterocycles. The number of epoxide rings is 2. The summed E-state index contributed by atoms with van der Waals surface area (Å²) in [5.41, 5.74) is 9.81. The summed E-state index contributed by atoms with van der Waals surface area (Å²) < 4.78 is 75.0. The summed E-state index contributed by atoms with van der Waals surface area (Å²) >= 11 is 25.5. The van der Waals surface area contributed by atoms with Crippen LogP contribution in [-0.4, -0.2) is 138 Å². The minimum Gasteiger partial charge on any atom is -1.00 e. The van der Waals surface area contributed by atoms with Gasteiger partial charge in [-0.3, -0.25) is 13.8 Å². The second-order valence-corrected chi connectivity index (χ2v) is 21.6. The molecule has 0 saturated carbocycles. The summed E-state index contributed by atoms with van der Waals surface area (Å²) in [7, 11) is -0.990. The molecule has 2 fully saturated rings. The molecule has 0 spiro atoms. The predicted molar refractivity (Wildman–Crippen MR) is 308 cm³/mol. The first-order valence-electron chi connectivity index (χ1n) is 22.7. The molecular weight excluding hydrogens is 1290 g/mol. The van der Waals surface area contributed by atoms with Crippen LogP contribution in [0.15, 0.2) is 109 Å². The number of aliphatic hydroxyl groups is 1. The standard InChI is InChI=1S/C19H24Cl2N2O4S.C11H15NO2.C10H13NO4S.C8H9Cl2N.CH3I.CH2O3.2K.H/c1-23(28(2,25)26)15-4-6-17(7-5-15)27-13-16(24)12-22-10-9-14-3-8-18(20)19(21)11-14;1-12(2)9-3-5-10(6-4-9)13-7-11-8-14-11;1-16(12,13)11-8-2-4-9(5-3-8)14-6-10-7-15-10;9-7-2-1-6(3-4-11)5-8(7)10;1-2;2-1-4-3;;;/h3-8,11,16,22,24H,9-10,12-13H2,1-2H3;3-6,11H,7-8H2,1-2H3;2-5,10-11H,6-7H2,1H3;1-2,5H,3-4,11H2;1H3;1,3H;;;/q;;;;;;2*+1;-1/p-1/t16-;11-;10-;;;;;;/m011....../s1. The van der Waals surface area contributed by atoms with Gasteiger partial charge in [0.15, 0.2) is 0 Å². The number of nitrogens with two attached hydrogens (primary N) is 1. The Labute approximate surface area is 574 Å². The molecule has 77 heavy (non-hydrogen) atoms. The Kier molecular flexibility index (Phi) is 41.6. The first-order valence-corrected chi connectivity index (χ1v) is 30.1. The SMILES string of the molecule is CI.CN(C)c1ccc(OC[C@@H]2CO2)cc1.CN(c1ccc(OC[C@@H](O)CNCCc2ccc(Cl)c(Cl)c2)cc1)S(C)(=O)=O.CS(=O)(=O)Nc1ccc(OC[C@@H]2CO2)cc1.NCCc1ccc(Cl)c(Cl)c1.O=CO[O-].[H-].[K+].[K+]. The van der Waals surface area contributed by atoms with Gasteiger partial charge >= 0.3 is 103 Å². The maximum atomic E-state index is 11.5. The summed E-state index contributed by atoms with van der Waals surface area (Å²) in [5, 5.41) is 23.9. The molecule has 5 aromatic carbocycles. The number of rotatable bonds is 22. The van der Waals surface area contributed by atoms with Crippen LogP contribution in [0.1, 0.15) is 12.6 Å². The second kappa shape index (κ2) is 42.1. The Morgan fingerprint density at radius 2 is 1.14 bits per heavy atom. The topological polar surface area (TPSA) is 247 Å². The Hall–Kier alpha value is -0.807. The maximum absolute atomic E-state index is 11.5. The Bertz CT molecular complexity index is 2650. The molecule has 418 valence electrons. The van der Waals surface area contributed by atoms with Gasteiger partial charge in [0.05, 0.1) is 51.5 Å². The number of anilines is 3. The molecule has 2 saturated heterocycles. The summed E-state index contributed by atoms with van der Waals surface area (Å²) in [6.45, 7) is 4.46. The van der Waals surface area contributed by atoms with Gasteiger partial charge in [-0.2, -0.15) is 0 Å². The molecule has 0 aliphatic carbocycles. The molecule has 27 heteroatoms. The normalized spacial score (nSPS) is 13.8. The first-order chi connectivity index (χ1) is 35.6. The number of alkyl halides is 1. The molecule has 0 amide bonds. The van der Waals surface area contributed by atoms with Crippen molar-refractivity contribution in [3.05, 3.63) is 140 Å². The van der Waals surface area contributed by atoms with Gasteiger partial charge in [-0.15, -0.1) is 0 Å². The largest absolute Gasteiger partial charge is 1.00 e. The third kappa shape index (κ3) is 35.7. The first kappa shape index (κ1) is 76.2. The number of aliphatic hydroxyl groups excluding tert-OH is 1. The van der Waals surface area contributed by atoms with Crippen LogP contribution in [0.4, 0.5) is 17.1 Å². The number of hydrogen-bond donors (Lipinski definition) is 4. The van der Waals surface area contributed by atoms with Crippen molar-refractivity contribution in [3.8, 4) is 17.2 Å². The number of carbonyl (C=O) groups excluding carboxylic acids is 1. The number of halogens is 5. The maximum Gasteiger partial charge on any atom is 1.00 e. The Morgan fingerprint density at radius 1 is 0.727 bits per heavy atom. The summed E-state index contributed by atoms with van der Waals surface area (Å²) in [5.74, 6) is 2.17. The van der Waals surface area contributed by atoms with Crippen molar-refractivity contribution in [1.29, 1.82) is 0 Å². The molecule has 3 atom stereocenters. The molecule has 2 heterocycles. The van der Waals surface area contributed by atoms with Crippen LogP contribution in [0.3, 0.4) is 0 Å². The average Bonchev–Trinajstić information content (AvgIpc) is 4.34. The third-order valence-electron chi connectivity index (χ3n) is 9.74. The zero-order valence-corrected chi connectivity index (χ0v) is 57.4. The Balaban J connectivity index is 0. The zero-order chi connectivity index (χ0) is 56.0. The minimum absolute atomic E-state index is 0. The van der Waals surface area contributed by atoms with E-state index in [4.69, 9.17) is 85.9 Å². The van der Waals surface area contributed by atoms with E-state index >= 15 is 0 Å². The molecule has 0 aromatic heterocycles. The van der Waals surface area contributed by atoms with Crippen LogP contribution in [0.5, 0.6) is 17.2 Å². The molecule has 5 N–H and O–H groups in total. The van der Waals surface area contributed by atoms with Gasteiger partial charge in [-0.05, 0) is 139 Å². The fourth-order valence-corrected chi connectivity index (χ4v) is 7.34. The van der Waals surface area contributed by atoms with Gasteiger partial charge in [-0.1, -0.05) is 81.1 Å². The number of hydrogen-bond acceptors (Lipinski definition) is 16. The molecular formula is C50H66Cl4IK2N5O13S2. The van der Waals surface area contributed by atoms with Gasteiger partial charge in [0, 0.05) is 39.1 Å². The van der Waals surface area contributed by atoms with Gasteiger partial charge in [0.2, 0.25) is 20.0 Å². The summed E-state index contributed by atoms with van der Waals surface area (Å²) in [6.07, 6.45) is 3.73. The van der Waals surface area contributed by atoms with Crippen molar-refractivity contribution in [2.45, 2.75) is 31.2 Å². The van der Waals surface area contributed by atoms with E-state index in [0.29, 0.717) is 81.9 Å². The smallest absolute Gasteiger partial charge is 1.00 e. The molecule has 2 aliphatic rings. The van der Waals surface area contributed by atoms with Crippen LogP contribution in [0.2, 0.25) is 20.1 Å². The number of benzene rings is 5. The van der Waals surface area contributed by atoms with Crippen LogP contribution < -0.4 is 147 Å². The third-order valence-corrected chi connectivity index (χ3v) is 13.0. The van der Waals surface area contributed by atoms with Crippen molar-refractivity contribution >= 4 is 113 Å². The zero-order valence-electron chi connectivity index (χ0n) is 45.3. The number of sulfonamides is 2. The monoisotopic (exact) mass is 1350 g/mol. The van der Waals surface area contributed by atoms with E-state index in [0.717, 1.165) is 55.4 Å². The van der Waals surface area contributed by atoms with Crippen molar-refractivity contribution in [2.75, 3.05) is 105 Å². The number of nitrogens with zero attached hydrogens (tertiary/aromatic N) is 2. The van der Waals surface area contributed by atoms with Crippen molar-refractivity contribution < 1.29 is 165 Å². The predicted octanol–water partition coefficient (Wildman–Crippen LogP) is 1.43. The summed E-state index contributed by atoms with van der Waals surface area (Å²) in [6, 6.07) is 32.5. The van der Waals surface area contributed by atoms with E-state index in [-0.39, 0.29) is 123 Å². The van der Waals surface area contributed by atoms with Crippen molar-refractivity contribution in [2.24, 2.45) is 5.73 Å². The van der Waals surface area contributed by atoms with Crippen LogP contribution in [-0.2, 0) is 52.0 Å². The summed E-state index contributed by atoms with van der Waals surface area (Å²) in [4.78, 5) is 15.3. The van der Waals surface area contributed by atoms with E-state index in [1.165, 1.54) is 17.0 Å². The van der Waals surface area contributed by atoms with E-state index in [1.807, 2.05) is 67.6 Å². The molecule has 5 aromatic rings. The van der Waals surface area contributed by atoms with Crippen LogP contribution >= 0.6 is 69.0 Å². The van der Waals surface area contributed by atoms with E-state index in [1.54, 1.807) is 60.7 Å². The second-order valence-electron chi connectivity index (χ2n) is 16.2. The van der Waals surface area contributed by atoms with Gasteiger partial charge in [0.1, 0.15) is 55.4 Å². The number of carbonyl (C=O) groups is 1. The van der Waals surface area contributed by atoms with Crippen LogP contribution in [0, 0.1) is 0 Å². The van der Waals surface area contributed by atoms with Gasteiger partial charge in [-0.25, -0.2) is 16.8 Å². The fraction of sp³-hybridized carbons (Fsp3) is 0.380. The number of nitrogens with one attached hydrogen (secondary N) is 2. The minimum atomic E-state index is -3.30. The van der Waals surface area contributed by atoms with E-state index < -0.39 is 26.2 Å². The van der Waals surface area contributed by atoms with Crippen molar-refractivity contribution in [3.63, 3.8) is 0 Å². The molecule has 0 radical (unpaired) electrons. The van der Waals surface area contributed by atoms with Gasteiger partial charge in [0.25, 0.3) is 6.47 Å². The average molecular weight is 1360 g/mol. The van der Waals surface area contributed by atoms with Crippen LogP contribution in [0.25, 0.3) is 0 Å². The quantitative estimate of drug-likeness (QED) is 0.0112. The molecule has 18 nitrogen and oxygen atoms in total. The number of ether oxygens (including phenoxy) is 5.